The number of hydrogen-bond donors (Lipinski definition) is 1. The van der Waals surface area contributed by atoms with Crippen LogP contribution in [0.25, 0.3) is 0 Å². The van der Waals surface area contributed by atoms with Gasteiger partial charge in [-0.25, -0.2) is 17.2 Å². The van der Waals surface area contributed by atoms with Crippen molar-refractivity contribution in [2.75, 3.05) is 11.9 Å². The molecule has 1 amide bonds. The lowest BCUT2D eigenvalue weighted by atomic mass is 10.3. The van der Waals surface area contributed by atoms with Crippen LogP contribution in [0, 0.1) is 11.6 Å². The van der Waals surface area contributed by atoms with Crippen LogP contribution >= 0.6 is 15.9 Å². The van der Waals surface area contributed by atoms with E-state index in [1.165, 1.54) is 36.4 Å². The van der Waals surface area contributed by atoms with E-state index in [0.29, 0.717) is 6.07 Å². The van der Waals surface area contributed by atoms with Crippen molar-refractivity contribution in [2.45, 2.75) is 9.79 Å². The molecule has 0 aliphatic carbocycles. The SMILES string of the molecule is O=C(COc1ccc(S(=O)(=O)c2ccccc2)cc1)Nc1c(F)cc(F)cc1Br. The Labute approximate surface area is 174 Å². The smallest absolute Gasteiger partial charge is 0.262 e. The number of carbonyl (C=O) groups is 1. The van der Waals surface area contributed by atoms with E-state index in [2.05, 4.69) is 21.2 Å². The highest BCUT2D eigenvalue weighted by Crippen LogP contribution is 2.27. The van der Waals surface area contributed by atoms with Crippen molar-refractivity contribution in [2.24, 2.45) is 0 Å². The Bertz CT molecular complexity index is 1110. The van der Waals surface area contributed by atoms with Gasteiger partial charge >= 0.3 is 0 Å². The van der Waals surface area contributed by atoms with E-state index in [1.54, 1.807) is 18.2 Å². The molecule has 0 fully saturated rings. The fourth-order valence-electron chi connectivity index (χ4n) is 2.44. The third-order valence-corrected chi connectivity index (χ3v) is 6.24. The summed E-state index contributed by atoms with van der Waals surface area (Å²) in [6.45, 7) is -0.450. The molecule has 1 N–H and O–H groups in total. The number of amides is 1. The fourth-order valence-corrected chi connectivity index (χ4v) is 4.23. The van der Waals surface area contributed by atoms with Crippen LogP contribution in [0.15, 0.2) is 81.0 Å². The molecule has 0 heterocycles. The molecule has 0 saturated carbocycles. The number of nitrogens with one attached hydrogen (secondary N) is 1. The molecule has 0 aliphatic heterocycles. The topological polar surface area (TPSA) is 72.5 Å². The van der Waals surface area contributed by atoms with Crippen LogP contribution in [0.4, 0.5) is 14.5 Å². The number of rotatable bonds is 6. The van der Waals surface area contributed by atoms with Crippen LogP contribution in [0.1, 0.15) is 0 Å². The predicted octanol–water partition coefficient (Wildman–Crippen LogP) is 4.58. The van der Waals surface area contributed by atoms with Gasteiger partial charge in [0, 0.05) is 10.5 Å². The van der Waals surface area contributed by atoms with Crippen molar-refractivity contribution in [3.63, 3.8) is 0 Å². The fraction of sp³-hybridized carbons (Fsp3) is 0.0500. The van der Waals surface area contributed by atoms with E-state index in [4.69, 9.17) is 4.74 Å². The molecule has 3 rings (SSSR count). The average molecular weight is 482 g/mol. The molecule has 3 aromatic rings. The molecule has 0 spiro atoms. The first-order valence-corrected chi connectivity index (χ1v) is 10.5. The van der Waals surface area contributed by atoms with Gasteiger partial charge in [-0.1, -0.05) is 18.2 Å². The van der Waals surface area contributed by atoms with Crippen molar-refractivity contribution < 1.29 is 26.7 Å². The normalized spacial score (nSPS) is 11.1. The lowest BCUT2D eigenvalue weighted by Gasteiger charge is -2.10. The van der Waals surface area contributed by atoms with Crippen molar-refractivity contribution in [3.8, 4) is 5.75 Å². The first-order valence-electron chi connectivity index (χ1n) is 8.25. The second-order valence-corrected chi connectivity index (χ2v) is 8.67. The molecule has 0 saturated heterocycles. The summed E-state index contributed by atoms with van der Waals surface area (Å²) in [7, 11) is -3.65. The minimum atomic E-state index is -3.65. The molecule has 29 heavy (non-hydrogen) atoms. The zero-order chi connectivity index (χ0) is 21.0. The van der Waals surface area contributed by atoms with Crippen LogP contribution in [-0.4, -0.2) is 20.9 Å². The predicted molar refractivity (Wildman–Crippen MR) is 107 cm³/mol. The van der Waals surface area contributed by atoms with Gasteiger partial charge in [0.1, 0.15) is 11.6 Å². The molecule has 0 atom stereocenters. The van der Waals surface area contributed by atoms with Gasteiger partial charge in [0.05, 0.1) is 15.5 Å². The summed E-state index contributed by atoms with van der Waals surface area (Å²) in [6.07, 6.45) is 0. The Kier molecular flexibility index (Phi) is 6.29. The Hall–Kier alpha value is -2.78. The Balaban J connectivity index is 1.64. The summed E-state index contributed by atoms with van der Waals surface area (Å²) in [6, 6.07) is 15.2. The molecular weight excluding hydrogens is 468 g/mol. The molecule has 0 aromatic heterocycles. The molecule has 0 bridgehead atoms. The maximum absolute atomic E-state index is 13.7. The van der Waals surface area contributed by atoms with Gasteiger partial charge in [-0.2, -0.15) is 0 Å². The minimum Gasteiger partial charge on any atom is -0.484 e. The number of benzene rings is 3. The van der Waals surface area contributed by atoms with E-state index in [0.717, 1.165) is 6.07 Å². The molecule has 5 nitrogen and oxygen atoms in total. The number of ether oxygens (including phenoxy) is 1. The van der Waals surface area contributed by atoms with Crippen LogP contribution in [0.5, 0.6) is 5.75 Å². The van der Waals surface area contributed by atoms with Crippen molar-refractivity contribution in [1.82, 2.24) is 0 Å². The van der Waals surface area contributed by atoms with Crippen LogP contribution in [0.2, 0.25) is 0 Å². The summed E-state index contributed by atoms with van der Waals surface area (Å²) in [4.78, 5) is 12.2. The Morgan fingerprint density at radius 1 is 0.966 bits per heavy atom. The van der Waals surface area contributed by atoms with Crippen molar-refractivity contribution in [3.05, 3.63) is 82.8 Å². The monoisotopic (exact) mass is 481 g/mol. The van der Waals surface area contributed by atoms with Crippen molar-refractivity contribution >= 4 is 37.4 Å². The summed E-state index contributed by atoms with van der Waals surface area (Å²) in [5.74, 6) is -2.13. The second kappa shape index (κ2) is 8.71. The van der Waals surface area contributed by atoms with Crippen LogP contribution in [0.3, 0.4) is 0 Å². The first kappa shape index (κ1) is 20.9. The molecular formula is C20H14BrF2NO4S. The van der Waals surface area contributed by atoms with Crippen LogP contribution < -0.4 is 10.1 Å². The summed E-state index contributed by atoms with van der Waals surface area (Å²) >= 11 is 2.98. The highest BCUT2D eigenvalue weighted by Gasteiger charge is 2.17. The maximum atomic E-state index is 13.7. The lowest BCUT2D eigenvalue weighted by Crippen LogP contribution is -2.21. The van der Waals surface area contributed by atoms with E-state index in [9.17, 15) is 22.0 Å². The highest BCUT2D eigenvalue weighted by atomic mass is 79.9. The Morgan fingerprint density at radius 2 is 1.59 bits per heavy atom. The summed E-state index contributed by atoms with van der Waals surface area (Å²) in [5, 5.41) is 2.28. The van der Waals surface area contributed by atoms with Gasteiger partial charge in [0.2, 0.25) is 9.84 Å². The standard InChI is InChI=1S/C20H14BrF2NO4S/c21-17-10-13(22)11-18(23)20(17)24-19(25)12-28-14-6-8-16(9-7-14)29(26,27)15-4-2-1-3-5-15/h1-11H,12H2,(H,24,25). The Morgan fingerprint density at radius 3 is 2.21 bits per heavy atom. The van der Waals surface area contributed by atoms with Gasteiger partial charge in [0.25, 0.3) is 5.91 Å². The van der Waals surface area contributed by atoms with Gasteiger partial charge in [-0.3, -0.25) is 4.79 Å². The van der Waals surface area contributed by atoms with Crippen LogP contribution in [-0.2, 0) is 14.6 Å². The van der Waals surface area contributed by atoms with Gasteiger partial charge in [-0.05, 0) is 58.4 Å². The zero-order valence-electron chi connectivity index (χ0n) is 14.7. The molecule has 0 aliphatic rings. The summed E-state index contributed by atoms with van der Waals surface area (Å²) < 4.78 is 57.3. The lowest BCUT2D eigenvalue weighted by molar-refractivity contribution is -0.118. The third kappa shape index (κ3) is 4.99. The second-order valence-electron chi connectivity index (χ2n) is 5.87. The largest absolute Gasteiger partial charge is 0.484 e. The van der Waals surface area contributed by atoms with E-state index < -0.39 is 34.0 Å². The first-order chi connectivity index (χ1) is 13.8. The highest BCUT2D eigenvalue weighted by molar-refractivity contribution is 9.10. The summed E-state index contributed by atoms with van der Waals surface area (Å²) in [5.41, 5.74) is -0.204. The number of hydrogen-bond acceptors (Lipinski definition) is 4. The molecule has 0 unspecified atom stereocenters. The molecule has 0 radical (unpaired) electrons. The van der Waals surface area contributed by atoms with E-state index in [1.807, 2.05) is 0 Å². The van der Waals surface area contributed by atoms with E-state index in [-0.39, 0.29) is 25.7 Å². The van der Waals surface area contributed by atoms with Crippen molar-refractivity contribution in [1.29, 1.82) is 0 Å². The third-order valence-electron chi connectivity index (χ3n) is 3.83. The quantitative estimate of drug-likeness (QED) is 0.559. The number of halogens is 3. The van der Waals surface area contributed by atoms with Gasteiger partial charge in [0.15, 0.2) is 12.4 Å². The van der Waals surface area contributed by atoms with E-state index >= 15 is 0 Å². The number of sulfone groups is 1. The number of anilines is 1. The molecule has 150 valence electrons. The minimum absolute atomic E-state index is 0.0545. The zero-order valence-corrected chi connectivity index (χ0v) is 17.1. The molecule has 9 heteroatoms. The van der Waals surface area contributed by atoms with Gasteiger partial charge in [-0.15, -0.1) is 0 Å². The number of carbonyl (C=O) groups excluding carboxylic acids is 1. The molecule has 3 aromatic carbocycles. The van der Waals surface area contributed by atoms with Gasteiger partial charge < -0.3 is 10.1 Å². The maximum Gasteiger partial charge on any atom is 0.262 e. The average Bonchev–Trinajstić information content (AvgIpc) is 2.70.